The highest BCUT2D eigenvalue weighted by atomic mass is 19.4. The number of carbonyl (C=O) groups excluding carboxylic acids is 1. The lowest BCUT2D eigenvalue weighted by Gasteiger charge is -2.16. The first kappa shape index (κ1) is 16.6. The van der Waals surface area contributed by atoms with Gasteiger partial charge in [-0.2, -0.15) is 18.4 Å². The van der Waals surface area contributed by atoms with Crippen molar-refractivity contribution >= 4 is 5.97 Å². The Balaban J connectivity index is 3.61. The molecule has 0 radical (unpaired) electrons. The molecule has 1 rings (SSSR count). The van der Waals surface area contributed by atoms with Crippen LogP contribution in [-0.4, -0.2) is 19.4 Å². The largest absolute Gasteiger partial charge is 0.573 e. The molecule has 0 spiro atoms. The molecule has 10 heteroatoms. The number of ether oxygens (including phenoxy) is 2. The van der Waals surface area contributed by atoms with Crippen LogP contribution in [0.25, 0.3) is 0 Å². The van der Waals surface area contributed by atoms with Gasteiger partial charge in [0.2, 0.25) is 0 Å². The molecule has 0 unspecified atom stereocenters. The van der Waals surface area contributed by atoms with Gasteiger partial charge in [0.25, 0.3) is 0 Å². The zero-order valence-corrected chi connectivity index (χ0v) is 10.1. The smallest absolute Gasteiger partial charge is 0.465 e. The number of esters is 1. The number of nitrogens with zero attached hydrogens (tertiary/aromatic N) is 1. The highest BCUT2D eigenvalue weighted by Gasteiger charge is 2.38. The number of carbonyl (C=O) groups is 1. The van der Waals surface area contributed by atoms with Gasteiger partial charge in [0.05, 0.1) is 18.2 Å². The summed E-state index contributed by atoms with van der Waals surface area (Å²) in [5.41, 5.74) is -3.72. The summed E-state index contributed by atoms with van der Waals surface area (Å²) in [5.74, 6) is -2.85. The average molecular weight is 313 g/mol. The number of benzene rings is 1. The molecule has 0 saturated carbocycles. The Morgan fingerprint density at radius 1 is 1.19 bits per heavy atom. The Hall–Kier alpha value is -2.44. The highest BCUT2D eigenvalue weighted by molar-refractivity contribution is 5.93. The molecule has 0 amide bonds. The number of methoxy groups -OCH3 is 1. The van der Waals surface area contributed by atoms with Crippen molar-refractivity contribution in [1.82, 2.24) is 0 Å². The SMILES string of the molecule is COC(=O)c1cc(C(F)(F)F)cc(C#N)c1OC(F)(F)F. The van der Waals surface area contributed by atoms with Gasteiger partial charge in [-0.1, -0.05) is 0 Å². The molecule has 0 saturated heterocycles. The van der Waals surface area contributed by atoms with Crippen molar-refractivity contribution in [3.8, 4) is 11.8 Å². The quantitative estimate of drug-likeness (QED) is 0.621. The topological polar surface area (TPSA) is 59.3 Å². The minimum absolute atomic E-state index is 0.119. The van der Waals surface area contributed by atoms with Crippen molar-refractivity contribution in [2.24, 2.45) is 0 Å². The Labute approximate surface area is 113 Å². The molecule has 21 heavy (non-hydrogen) atoms. The van der Waals surface area contributed by atoms with Crippen LogP contribution in [0.4, 0.5) is 26.3 Å². The van der Waals surface area contributed by atoms with Crippen molar-refractivity contribution in [3.63, 3.8) is 0 Å². The summed E-state index contributed by atoms with van der Waals surface area (Å²) in [6, 6.07) is 1.38. The number of nitriles is 1. The molecule has 0 atom stereocenters. The third-order valence-corrected chi connectivity index (χ3v) is 2.16. The van der Waals surface area contributed by atoms with Crippen molar-refractivity contribution in [2.75, 3.05) is 7.11 Å². The van der Waals surface area contributed by atoms with Crippen LogP contribution < -0.4 is 4.74 Å². The summed E-state index contributed by atoms with van der Waals surface area (Å²) in [7, 11) is 0.756. The first-order valence-electron chi connectivity index (χ1n) is 4.99. The Morgan fingerprint density at radius 3 is 2.14 bits per heavy atom. The zero-order chi connectivity index (χ0) is 16.4. The Kier molecular flexibility index (Phi) is 4.36. The van der Waals surface area contributed by atoms with Crippen LogP contribution in [0.5, 0.6) is 5.75 Å². The third-order valence-electron chi connectivity index (χ3n) is 2.16. The minimum Gasteiger partial charge on any atom is -0.465 e. The summed E-state index contributed by atoms with van der Waals surface area (Å²) in [6.45, 7) is 0. The van der Waals surface area contributed by atoms with Crippen molar-refractivity contribution < 1.29 is 40.6 Å². The Morgan fingerprint density at radius 2 is 1.76 bits per heavy atom. The van der Waals surface area contributed by atoms with Gasteiger partial charge in [-0.05, 0) is 12.1 Å². The monoisotopic (exact) mass is 313 g/mol. The molecule has 0 aromatic heterocycles. The van der Waals surface area contributed by atoms with Crippen molar-refractivity contribution in [3.05, 3.63) is 28.8 Å². The second-order valence-electron chi connectivity index (χ2n) is 3.55. The first-order valence-corrected chi connectivity index (χ1v) is 4.99. The second-order valence-corrected chi connectivity index (χ2v) is 3.55. The molecular weight excluding hydrogens is 308 g/mol. The van der Waals surface area contributed by atoms with E-state index in [9.17, 15) is 31.1 Å². The van der Waals surface area contributed by atoms with Gasteiger partial charge in [0, 0.05) is 0 Å². The summed E-state index contributed by atoms with van der Waals surface area (Å²) in [5, 5.41) is 8.67. The second kappa shape index (κ2) is 5.51. The number of hydrogen-bond donors (Lipinski definition) is 0. The predicted octanol–water partition coefficient (Wildman–Crippen LogP) is 3.26. The van der Waals surface area contributed by atoms with Gasteiger partial charge in [0.1, 0.15) is 11.6 Å². The molecular formula is C11H5F6NO3. The Bertz CT molecular complexity index is 600. The fourth-order valence-electron chi connectivity index (χ4n) is 1.36. The van der Waals surface area contributed by atoms with Gasteiger partial charge in [-0.25, -0.2) is 4.79 Å². The predicted molar refractivity (Wildman–Crippen MR) is 54.2 cm³/mol. The van der Waals surface area contributed by atoms with Gasteiger partial charge >= 0.3 is 18.5 Å². The standard InChI is InChI=1S/C11H5F6NO3/c1-20-9(19)7-3-6(10(12,13)14)2-5(4-18)8(7)21-11(15,16)17/h2-3H,1H3. The summed E-state index contributed by atoms with van der Waals surface area (Å²) >= 11 is 0. The van der Waals surface area contributed by atoms with E-state index in [0.29, 0.717) is 0 Å². The van der Waals surface area contributed by atoms with Crippen LogP contribution in [0.2, 0.25) is 0 Å². The molecule has 0 bridgehead atoms. The molecule has 4 nitrogen and oxygen atoms in total. The molecule has 0 aliphatic carbocycles. The lowest BCUT2D eigenvalue weighted by Crippen LogP contribution is -2.21. The van der Waals surface area contributed by atoms with E-state index in [-0.39, 0.29) is 12.1 Å². The van der Waals surface area contributed by atoms with E-state index in [0.717, 1.165) is 13.2 Å². The van der Waals surface area contributed by atoms with Crippen LogP contribution in [-0.2, 0) is 10.9 Å². The first-order chi connectivity index (χ1) is 9.49. The normalized spacial score (nSPS) is 11.7. The number of halogens is 6. The van der Waals surface area contributed by atoms with Gasteiger partial charge < -0.3 is 9.47 Å². The average Bonchev–Trinajstić information content (AvgIpc) is 2.34. The van der Waals surface area contributed by atoms with Crippen LogP contribution in [0, 0.1) is 11.3 Å². The molecule has 0 fully saturated rings. The number of alkyl halides is 6. The maximum atomic E-state index is 12.6. The van der Waals surface area contributed by atoms with E-state index < -0.39 is 40.9 Å². The highest BCUT2D eigenvalue weighted by Crippen LogP contribution is 2.37. The third kappa shape index (κ3) is 4.01. The van der Waals surface area contributed by atoms with E-state index in [1.54, 1.807) is 0 Å². The van der Waals surface area contributed by atoms with Gasteiger partial charge in [-0.15, -0.1) is 13.2 Å². The summed E-state index contributed by atoms with van der Waals surface area (Å²) < 4.78 is 82.0. The molecule has 114 valence electrons. The van der Waals surface area contributed by atoms with Crippen molar-refractivity contribution in [2.45, 2.75) is 12.5 Å². The fraction of sp³-hybridized carbons (Fsp3) is 0.273. The molecule has 1 aromatic rings. The maximum Gasteiger partial charge on any atom is 0.573 e. The van der Waals surface area contributed by atoms with E-state index in [1.807, 2.05) is 0 Å². The number of rotatable bonds is 2. The van der Waals surface area contributed by atoms with Crippen LogP contribution in [0.15, 0.2) is 12.1 Å². The molecule has 0 aliphatic heterocycles. The maximum absolute atomic E-state index is 12.6. The van der Waals surface area contributed by atoms with E-state index in [4.69, 9.17) is 5.26 Å². The van der Waals surface area contributed by atoms with Crippen LogP contribution >= 0.6 is 0 Å². The van der Waals surface area contributed by atoms with Crippen LogP contribution in [0.3, 0.4) is 0 Å². The lowest BCUT2D eigenvalue weighted by molar-refractivity contribution is -0.274. The molecule has 0 heterocycles. The summed E-state index contributed by atoms with van der Waals surface area (Å²) in [4.78, 5) is 11.3. The lowest BCUT2D eigenvalue weighted by atomic mass is 10.0. The van der Waals surface area contributed by atoms with Gasteiger partial charge in [0.15, 0.2) is 5.75 Å². The van der Waals surface area contributed by atoms with Crippen molar-refractivity contribution in [1.29, 1.82) is 5.26 Å². The zero-order valence-electron chi connectivity index (χ0n) is 10.1. The summed E-state index contributed by atoms with van der Waals surface area (Å²) in [6.07, 6.45) is -10.3. The minimum atomic E-state index is -5.30. The molecule has 0 aliphatic rings. The number of hydrogen-bond acceptors (Lipinski definition) is 4. The van der Waals surface area contributed by atoms with E-state index in [1.165, 1.54) is 0 Å². The molecule has 0 N–H and O–H groups in total. The van der Waals surface area contributed by atoms with E-state index in [2.05, 4.69) is 9.47 Å². The molecule has 1 aromatic carbocycles. The van der Waals surface area contributed by atoms with Gasteiger partial charge in [-0.3, -0.25) is 0 Å². The fourth-order valence-corrected chi connectivity index (χ4v) is 1.36. The van der Waals surface area contributed by atoms with Crippen LogP contribution in [0.1, 0.15) is 21.5 Å². The van der Waals surface area contributed by atoms with E-state index >= 15 is 0 Å².